The van der Waals surface area contributed by atoms with Crippen LogP contribution in [0.4, 0.5) is 4.39 Å². The van der Waals surface area contributed by atoms with Crippen LogP contribution in [-0.4, -0.2) is 30.6 Å². The summed E-state index contributed by atoms with van der Waals surface area (Å²) in [6.45, 7) is 7.99. The summed E-state index contributed by atoms with van der Waals surface area (Å²) >= 11 is 0. The molecule has 1 heterocycles. The van der Waals surface area contributed by atoms with Crippen molar-refractivity contribution in [2.24, 2.45) is 0 Å². The van der Waals surface area contributed by atoms with Gasteiger partial charge >= 0.3 is 0 Å². The van der Waals surface area contributed by atoms with Gasteiger partial charge in [-0.2, -0.15) is 0 Å². The number of hydrogen-bond donors (Lipinski definition) is 1. The van der Waals surface area contributed by atoms with Gasteiger partial charge in [0.25, 0.3) is 0 Å². The summed E-state index contributed by atoms with van der Waals surface area (Å²) in [5.41, 5.74) is 1.04. The number of likely N-dealkylation sites (tertiary alicyclic amines) is 1. The largest absolute Gasteiger partial charge is 0.307 e. The quantitative estimate of drug-likeness (QED) is 0.882. The molecule has 20 heavy (non-hydrogen) atoms. The van der Waals surface area contributed by atoms with Crippen LogP contribution in [0.2, 0.25) is 0 Å². The molecule has 0 bridgehead atoms. The predicted molar refractivity (Wildman–Crippen MR) is 82.3 cm³/mol. The van der Waals surface area contributed by atoms with Gasteiger partial charge in [0.15, 0.2) is 0 Å². The van der Waals surface area contributed by atoms with Crippen LogP contribution in [0, 0.1) is 5.82 Å². The summed E-state index contributed by atoms with van der Waals surface area (Å²) in [7, 11) is 0. The number of benzene rings is 1. The highest BCUT2D eigenvalue weighted by atomic mass is 19.1. The maximum atomic E-state index is 13.3. The van der Waals surface area contributed by atoms with Crippen LogP contribution < -0.4 is 5.32 Å². The lowest BCUT2D eigenvalue weighted by Crippen LogP contribution is -2.33. The monoisotopic (exact) mass is 278 g/mol. The van der Waals surface area contributed by atoms with Crippen LogP contribution in [0.25, 0.3) is 0 Å². The van der Waals surface area contributed by atoms with E-state index < -0.39 is 0 Å². The van der Waals surface area contributed by atoms with Gasteiger partial charge in [-0.15, -0.1) is 0 Å². The molecule has 2 atom stereocenters. The van der Waals surface area contributed by atoms with Gasteiger partial charge in [0.05, 0.1) is 0 Å². The van der Waals surface area contributed by atoms with Crippen molar-refractivity contribution < 1.29 is 4.39 Å². The molecule has 1 aliphatic rings. The highest BCUT2D eigenvalue weighted by Crippen LogP contribution is 2.18. The molecule has 2 nitrogen and oxygen atoms in total. The van der Waals surface area contributed by atoms with Gasteiger partial charge in [0.2, 0.25) is 0 Å². The molecule has 1 saturated heterocycles. The molecule has 2 rings (SSSR count). The van der Waals surface area contributed by atoms with Gasteiger partial charge in [0.1, 0.15) is 5.82 Å². The van der Waals surface area contributed by atoms with E-state index in [-0.39, 0.29) is 11.9 Å². The van der Waals surface area contributed by atoms with Crippen LogP contribution in [-0.2, 0) is 0 Å². The molecule has 3 heteroatoms. The minimum atomic E-state index is -0.147. The molecule has 1 aromatic rings. The third kappa shape index (κ3) is 4.57. The van der Waals surface area contributed by atoms with Gasteiger partial charge in [0, 0.05) is 12.1 Å². The molecule has 1 aliphatic heterocycles. The Balaban J connectivity index is 1.86. The Morgan fingerprint density at radius 3 is 2.95 bits per heavy atom. The fourth-order valence-electron chi connectivity index (χ4n) is 3.09. The summed E-state index contributed by atoms with van der Waals surface area (Å²) in [5.74, 6) is -0.147. The first-order valence-corrected chi connectivity index (χ1v) is 7.93. The predicted octanol–water partition coefficient (Wildman–Crippen LogP) is 3.74. The minimum Gasteiger partial charge on any atom is -0.307 e. The molecule has 1 N–H and O–H groups in total. The van der Waals surface area contributed by atoms with Crippen molar-refractivity contribution in [1.82, 2.24) is 10.2 Å². The second kappa shape index (κ2) is 7.75. The third-order valence-electron chi connectivity index (χ3n) is 4.19. The molecule has 0 aliphatic carbocycles. The Bertz CT molecular complexity index is 408. The number of hydrogen-bond acceptors (Lipinski definition) is 2. The molecule has 0 amide bonds. The summed E-state index contributed by atoms with van der Waals surface area (Å²) in [4.78, 5) is 2.56. The van der Waals surface area contributed by atoms with E-state index in [4.69, 9.17) is 0 Å². The molecule has 0 radical (unpaired) electrons. The molecule has 1 unspecified atom stereocenters. The fourth-order valence-corrected chi connectivity index (χ4v) is 3.09. The van der Waals surface area contributed by atoms with E-state index in [1.807, 2.05) is 6.07 Å². The summed E-state index contributed by atoms with van der Waals surface area (Å²) in [6, 6.07) is 7.70. The number of nitrogens with one attached hydrogen (secondary N) is 1. The Labute approximate surface area is 122 Å². The average molecular weight is 278 g/mol. The lowest BCUT2D eigenvalue weighted by Gasteiger charge is -2.23. The smallest absolute Gasteiger partial charge is 0.123 e. The van der Waals surface area contributed by atoms with Gasteiger partial charge in [-0.1, -0.05) is 19.1 Å². The van der Waals surface area contributed by atoms with Crippen LogP contribution in [0.3, 0.4) is 0 Å². The Morgan fingerprint density at radius 2 is 2.20 bits per heavy atom. The SMILES string of the molecule is CCCN1CCCC(N[C@@H](C)c2cccc(F)c2)CC1. The first kappa shape index (κ1) is 15.5. The van der Waals surface area contributed by atoms with Crippen LogP contribution in [0.5, 0.6) is 0 Å². The number of nitrogens with zero attached hydrogens (tertiary/aromatic N) is 1. The minimum absolute atomic E-state index is 0.147. The van der Waals surface area contributed by atoms with E-state index in [1.165, 1.54) is 51.4 Å². The zero-order valence-electron chi connectivity index (χ0n) is 12.7. The highest BCUT2D eigenvalue weighted by molar-refractivity contribution is 5.19. The van der Waals surface area contributed by atoms with Crippen LogP contribution >= 0.6 is 0 Å². The van der Waals surface area contributed by atoms with Gasteiger partial charge in [-0.25, -0.2) is 4.39 Å². The Hall–Kier alpha value is -0.930. The summed E-state index contributed by atoms with van der Waals surface area (Å²) in [5, 5.41) is 3.67. The van der Waals surface area contributed by atoms with Crippen molar-refractivity contribution in [3.05, 3.63) is 35.6 Å². The van der Waals surface area contributed by atoms with Crippen molar-refractivity contribution in [3.8, 4) is 0 Å². The van der Waals surface area contributed by atoms with E-state index in [1.54, 1.807) is 12.1 Å². The van der Waals surface area contributed by atoms with E-state index in [2.05, 4.69) is 24.1 Å². The highest BCUT2D eigenvalue weighted by Gasteiger charge is 2.18. The second-order valence-electron chi connectivity index (χ2n) is 5.91. The topological polar surface area (TPSA) is 15.3 Å². The van der Waals surface area contributed by atoms with Crippen LogP contribution in [0.15, 0.2) is 24.3 Å². The second-order valence-corrected chi connectivity index (χ2v) is 5.91. The zero-order valence-corrected chi connectivity index (χ0v) is 12.7. The molecular weight excluding hydrogens is 251 g/mol. The van der Waals surface area contributed by atoms with E-state index >= 15 is 0 Å². The molecule has 1 aromatic carbocycles. The number of rotatable bonds is 5. The third-order valence-corrected chi connectivity index (χ3v) is 4.19. The Kier molecular flexibility index (Phi) is 5.99. The van der Waals surface area contributed by atoms with Crippen molar-refractivity contribution in [2.45, 2.75) is 51.6 Å². The average Bonchev–Trinajstić information content (AvgIpc) is 2.65. The number of halogens is 1. The maximum absolute atomic E-state index is 13.3. The molecule has 0 spiro atoms. The van der Waals surface area contributed by atoms with E-state index in [0.29, 0.717) is 6.04 Å². The first-order valence-electron chi connectivity index (χ1n) is 7.93. The first-order chi connectivity index (χ1) is 9.69. The summed E-state index contributed by atoms with van der Waals surface area (Å²) in [6.07, 6.45) is 4.91. The van der Waals surface area contributed by atoms with Gasteiger partial charge in [-0.3, -0.25) is 0 Å². The summed E-state index contributed by atoms with van der Waals surface area (Å²) < 4.78 is 13.3. The molecule has 1 fully saturated rings. The zero-order chi connectivity index (χ0) is 14.4. The Morgan fingerprint density at radius 1 is 1.35 bits per heavy atom. The fraction of sp³-hybridized carbons (Fsp3) is 0.647. The standard InChI is InChI=1S/C17H27FN2/c1-3-10-20-11-5-8-17(9-12-20)19-14(2)15-6-4-7-16(18)13-15/h4,6-7,13-14,17,19H,3,5,8-12H2,1-2H3/t14-,17?/m0/s1. The van der Waals surface area contributed by atoms with Crippen LogP contribution in [0.1, 0.15) is 51.1 Å². The molecular formula is C17H27FN2. The van der Waals surface area contributed by atoms with E-state index in [0.717, 1.165) is 5.56 Å². The maximum Gasteiger partial charge on any atom is 0.123 e. The van der Waals surface area contributed by atoms with Crippen molar-refractivity contribution >= 4 is 0 Å². The van der Waals surface area contributed by atoms with Crippen molar-refractivity contribution in [2.75, 3.05) is 19.6 Å². The lowest BCUT2D eigenvalue weighted by molar-refractivity contribution is 0.281. The van der Waals surface area contributed by atoms with E-state index in [9.17, 15) is 4.39 Å². The van der Waals surface area contributed by atoms with Gasteiger partial charge in [-0.05, 0) is 69.9 Å². The molecule has 0 saturated carbocycles. The lowest BCUT2D eigenvalue weighted by atomic mass is 10.0. The normalized spacial score (nSPS) is 22.4. The van der Waals surface area contributed by atoms with Crippen molar-refractivity contribution in [1.29, 1.82) is 0 Å². The van der Waals surface area contributed by atoms with Gasteiger partial charge < -0.3 is 10.2 Å². The van der Waals surface area contributed by atoms with Crippen molar-refractivity contribution in [3.63, 3.8) is 0 Å². The molecule has 0 aromatic heterocycles. The molecule has 112 valence electrons.